The van der Waals surface area contributed by atoms with E-state index in [9.17, 15) is 0 Å². The van der Waals surface area contributed by atoms with Crippen molar-refractivity contribution in [3.63, 3.8) is 0 Å². The van der Waals surface area contributed by atoms with Gasteiger partial charge in [0.2, 0.25) is 0 Å². The van der Waals surface area contributed by atoms with Crippen molar-refractivity contribution in [1.29, 1.82) is 0 Å². The van der Waals surface area contributed by atoms with E-state index in [4.69, 9.17) is 26.1 Å². The number of rotatable bonds is 9. The predicted molar refractivity (Wildman–Crippen MR) is 120 cm³/mol. The molecular weight excluding hydrogens is 386 g/mol. The van der Waals surface area contributed by atoms with Gasteiger partial charge in [0, 0.05) is 50.4 Å². The van der Waals surface area contributed by atoms with E-state index in [2.05, 4.69) is 29.3 Å². The lowest BCUT2D eigenvalue weighted by molar-refractivity contribution is 0.00987. The van der Waals surface area contributed by atoms with Gasteiger partial charge < -0.3 is 19.7 Å². The fraction of sp³-hybridized carbons (Fsp3) is 0.696. The highest BCUT2D eigenvalue weighted by molar-refractivity contribution is 6.30. The van der Waals surface area contributed by atoms with Crippen molar-refractivity contribution in [2.75, 3.05) is 46.5 Å². The van der Waals surface area contributed by atoms with Crippen molar-refractivity contribution in [3.05, 3.63) is 34.9 Å². The van der Waals surface area contributed by atoms with Gasteiger partial charge >= 0.3 is 0 Å². The Labute approximate surface area is 180 Å². The van der Waals surface area contributed by atoms with Crippen LogP contribution in [0.25, 0.3) is 0 Å². The van der Waals surface area contributed by atoms with Gasteiger partial charge in [0.1, 0.15) is 0 Å². The fourth-order valence-electron chi connectivity index (χ4n) is 4.28. The number of halogens is 1. The van der Waals surface area contributed by atoms with Gasteiger partial charge in [0.05, 0.1) is 12.6 Å². The van der Waals surface area contributed by atoms with Gasteiger partial charge in [-0.2, -0.15) is 0 Å². The molecule has 0 spiro atoms. The second-order valence-corrected chi connectivity index (χ2v) is 8.65. The largest absolute Gasteiger partial charge is 0.385 e. The van der Waals surface area contributed by atoms with Crippen LogP contribution >= 0.6 is 11.6 Å². The van der Waals surface area contributed by atoms with Crippen molar-refractivity contribution in [1.82, 2.24) is 10.2 Å². The lowest BCUT2D eigenvalue weighted by atomic mass is 9.64. The highest BCUT2D eigenvalue weighted by atomic mass is 35.5. The molecule has 1 heterocycles. The number of aliphatic imine (C=N–C) groups is 1. The first kappa shape index (κ1) is 22.4. The van der Waals surface area contributed by atoms with E-state index in [0.717, 1.165) is 69.6 Å². The van der Waals surface area contributed by atoms with Crippen LogP contribution in [0, 0.1) is 0 Å². The summed E-state index contributed by atoms with van der Waals surface area (Å²) in [5, 5.41) is 4.30. The molecule has 1 aliphatic carbocycles. The van der Waals surface area contributed by atoms with E-state index in [0.29, 0.717) is 6.10 Å². The zero-order chi connectivity index (χ0) is 20.5. The van der Waals surface area contributed by atoms with Crippen LogP contribution in [0.1, 0.15) is 51.0 Å². The van der Waals surface area contributed by atoms with E-state index in [-0.39, 0.29) is 5.41 Å². The van der Waals surface area contributed by atoms with Gasteiger partial charge in [-0.15, -0.1) is 0 Å². The minimum absolute atomic E-state index is 0.175. The fourth-order valence-corrected chi connectivity index (χ4v) is 4.41. The number of nitrogens with one attached hydrogen (secondary N) is 1. The molecule has 5 nitrogen and oxygen atoms in total. The third kappa shape index (κ3) is 6.09. The first-order valence-corrected chi connectivity index (χ1v) is 11.4. The number of methoxy groups -OCH3 is 1. The summed E-state index contributed by atoms with van der Waals surface area (Å²) in [5.41, 5.74) is 1.55. The molecule has 0 amide bonds. The average molecular weight is 422 g/mol. The second-order valence-electron chi connectivity index (χ2n) is 8.21. The normalized spacial score (nSPS) is 19.8. The van der Waals surface area contributed by atoms with Gasteiger partial charge in [-0.3, -0.25) is 4.99 Å². The number of likely N-dealkylation sites (tertiary alicyclic amines) is 1. The second kappa shape index (κ2) is 11.2. The summed E-state index contributed by atoms with van der Waals surface area (Å²) in [6, 6.07) is 8.36. The van der Waals surface area contributed by atoms with Gasteiger partial charge in [-0.25, -0.2) is 0 Å². The highest BCUT2D eigenvalue weighted by Crippen LogP contribution is 2.44. The number of hydrogen-bond donors (Lipinski definition) is 1. The molecule has 6 heteroatoms. The molecule has 162 valence electrons. The van der Waals surface area contributed by atoms with Gasteiger partial charge in [-0.1, -0.05) is 30.2 Å². The Morgan fingerprint density at radius 1 is 1.21 bits per heavy atom. The standard InChI is InChI=1S/C23H36ClN3O2/c1-3-25-22(27-14-10-21(11-15-27)29-17-5-16-28-2)26-18-23(12-4-13-23)19-6-8-20(24)9-7-19/h6-9,21H,3-5,10-18H2,1-2H3,(H,25,26). The van der Waals surface area contributed by atoms with Crippen LogP contribution in [0.4, 0.5) is 0 Å². The van der Waals surface area contributed by atoms with E-state index < -0.39 is 0 Å². The monoisotopic (exact) mass is 421 g/mol. The van der Waals surface area contributed by atoms with Crippen molar-refractivity contribution in [2.24, 2.45) is 4.99 Å². The summed E-state index contributed by atoms with van der Waals surface area (Å²) in [5.74, 6) is 1.05. The Hall–Kier alpha value is -1.30. The summed E-state index contributed by atoms with van der Waals surface area (Å²) in [4.78, 5) is 7.48. The smallest absolute Gasteiger partial charge is 0.193 e. The van der Waals surface area contributed by atoms with Crippen molar-refractivity contribution >= 4 is 17.6 Å². The minimum Gasteiger partial charge on any atom is -0.385 e. The number of hydrogen-bond acceptors (Lipinski definition) is 3. The molecule has 3 rings (SSSR count). The Balaban J connectivity index is 1.56. The molecule has 1 aromatic rings. The van der Waals surface area contributed by atoms with Crippen LogP contribution in [0.2, 0.25) is 5.02 Å². The van der Waals surface area contributed by atoms with Crippen LogP contribution in [-0.4, -0.2) is 63.5 Å². The molecule has 1 saturated carbocycles. The number of guanidine groups is 1. The summed E-state index contributed by atoms with van der Waals surface area (Å²) in [6.07, 6.45) is 7.12. The summed E-state index contributed by atoms with van der Waals surface area (Å²) < 4.78 is 11.1. The van der Waals surface area contributed by atoms with Gasteiger partial charge in [0.15, 0.2) is 5.96 Å². The quantitative estimate of drug-likeness (QED) is 0.368. The molecule has 0 radical (unpaired) electrons. The van der Waals surface area contributed by atoms with Crippen LogP contribution in [0.15, 0.2) is 29.3 Å². The van der Waals surface area contributed by atoms with E-state index in [1.54, 1.807) is 7.11 Å². The Morgan fingerprint density at radius 3 is 2.52 bits per heavy atom. The van der Waals surface area contributed by atoms with Crippen molar-refractivity contribution in [3.8, 4) is 0 Å². The van der Waals surface area contributed by atoms with Crippen molar-refractivity contribution in [2.45, 2.75) is 57.0 Å². The number of nitrogens with zero attached hydrogens (tertiary/aromatic N) is 2. The zero-order valence-corrected chi connectivity index (χ0v) is 18.7. The SMILES string of the molecule is CCNC(=NCC1(c2ccc(Cl)cc2)CCC1)N1CCC(OCCCOC)CC1. The number of ether oxygens (including phenoxy) is 2. The number of benzene rings is 1. The summed E-state index contributed by atoms with van der Waals surface area (Å²) in [6.45, 7) is 7.41. The molecule has 0 bridgehead atoms. The lowest BCUT2D eigenvalue weighted by Crippen LogP contribution is -2.48. The maximum atomic E-state index is 6.09. The Kier molecular flexibility index (Phi) is 8.64. The molecular formula is C23H36ClN3O2. The topological polar surface area (TPSA) is 46.1 Å². The first-order chi connectivity index (χ1) is 14.2. The molecule has 0 aromatic heterocycles. The van der Waals surface area contributed by atoms with E-state index in [1.807, 2.05) is 12.1 Å². The average Bonchev–Trinajstić information content (AvgIpc) is 2.71. The third-order valence-corrected chi connectivity index (χ3v) is 6.47. The van der Waals surface area contributed by atoms with E-state index in [1.165, 1.54) is 24.8 Å². The molecule has 1 aliphatic heterocycles. The van der Waals surface area contributed by atoms with Crippen LogP contribution in [0.5, 0.6) is 0 Å². The molecule has 2 aliphatic rings. The van der Waals surface area contributed by atoms with Crippen LogP contribution in [0.3, 0.4) is 0 Å². The Morgan fingerprint density at radius 2 is 1.93 bits per heavy atom. The molecule has 0 atom stereocenters. The Bertz CT molecular complexity index is 638. The molecule has 0 unspecified atom stereocenters. The first-order valence-electron chi connectivity index (χ1n) is 11.1. The minimum atomic E-state index is 0.175. The maximum absolute atomic E-state index is 6.09. The molecule has 2 fully saturated rings. The number of piperidine rings is 1. The molecule has 29 heavy (non-hydrogen) atoms. The van der Waals surface area contributed by atoms with Crippen LogP contribution in [-0.2, 0) is 14.9 Å². The predicted octanol–water partition coefficient (Wildman–Crippen LogP) is 4.24. The third-order valence-electron chi connectivity index (χ3n) is 6.22. The van der Waals surface area contributed by atoms with Crippen molar-refractivity contribution < 1.29 is 9.47 Å². The van der Waals surface area contributed by atoms with Gasteiger partial charge in [-0.05, 0) is 56.7 Å². The zero-order valence-electron chi connectivity index (χ0n) is 18.0. The highest BCUT2D eigenvalue weighted by Gasteiger charge is 2.38. The summed E-state index contributed by atoms with van der Waals surface area (Å²) >= 11 is 6.09. The van der Waals surface area contributed by atoms with E-state index >= 15 is 0 Å². The molecule has 1 aromatic carbocycles. The molecule has 1 saturated heterocycles. The van der Waals surface area contributed by atoms with Crippen LogP contribution < -0.4 is 5.32 Å². The molecule has 1 N–H and O–H groups in total. The van der Waals surface area contributed by atoms with Gasteiger partial charge in [0.25, 0.3) is 0 Å². The summed E-state index contributed by atoms with van der Waals surface area (Å²) in [7, 11) is 1.74. The maximum Gasteiger partial charge on any atom is 0.193 e. The lowest BCUT2D eigenvalue weighted by Gasteiger charge is -2.42.